The Morgan fingerprint density at radius 1 is 0.900 bits per heavy atom. The molecule has 2 bridgehead atoms. The third-order valence-corrected chi connectivity index (χ3v) is 8.33. The lowest BCUT2D eigenvalue weighted by Crippen LogP contribution is -2.59. The van der Waals surface area contributed by atoms with Crippen LogP contribution in [0.2, 0.25) is 0 Å². The Morgan fingerprint density at radius 2 is 1.53 bits per heavy atom. The fourth-order valence-corrected chi connectivity index (χ4v) is 5.73. The molecule has 1 aromatic rings. The van der Waals surface area contributed by atoms with Gasteiger partial charge in [-0.15, -0.1) is 0 Å². The molecule has 2 amide bonds. The van der Waals surface area contributed by atoms with Gasteiger partial charge in [0, 0.05) is 45.2 Å². The van der Waals surface area contributed by atoms with Gasteiger partial charge in [0.25, 0.3) is 0 Å². The average Bonchev–Trinajstić information content (AvgIpc) is 2.93. The summed E-state index contributed by atoms with van der Waals surface area (Å²) in [5.41, 5.74) is 0.797. The third-order valence-electron chi connectivity index (χ3n) is 8.33. The van der Waals surface area contributed by atoms with E-state index in [1.54, 1.807) is 4.90 Å². The number of amides is 2. The van der Waals surface area contributed by atoms with Crippen molar-refractivity contribution in [1.82, 2.24) is 14.7 Å². The summed E-state index contributed by atoms with van der Waals surface area (Å²) in [5, 5.41) is 0. The van der Waals surface area contributed by atoms with Crippen LogP contribution in [0.4, 0.5) is 0 Å². The van der Waals surface area contributed by atoms with Crippen molar-refractivity contribution in [1.29, 1.82) is 0 Å². The SMILES string of the molecule is CC1(C)[C@@H]2CC[C@]1(C)C(=O)N(CCCCN1CCN(Cc3ccccc3)CC1)C2=O. The normalized spacial score (nSPS) is 29.6. The second-order valence-electron chi connectivity index (χ2n) is 10.3. The molecule has 0 radical (unpaired) electrons. The first-order valence-corrected chi connectivity index (χ1v) is 11.7. The van der Waals surface area contributed by atoms with E-state index in [-0.39, 0.29) is 28.6 Å². The van der Waals surface area contributed by atoms with E-state index in [9.17, 15) is 9.59 Å². The van der Waals surface area contributed by atoms with Gasteiger partial charge in [0.05, 0.1) is 5.41 Å². The third kappa shape index (κ3) is 3.82. The van der Waals surface area contributed by atoms with Gasteiger partial charge in [-0.3, -0.25) is 19.4 Å². The topological polar surface area (TPSA) is 43.9 Å². The maximum Gasteiger partial charge on any atom is 0.235 e. The van der Waals surface area contributed by atoms with Gasteiger partial charge in [0.1, 0.15) is 0 Å². The number of rotatable bonds is 7. The highest BCUT2D eigenvalue weighted by Crippen LogP contribution is 2.60. The molecule has 164 valence electrons. The first-order valence-electron chi connectivity index (χ1n) is 11.7. The molecule has 4 rings (SSSR count). The molecule has 1 aliphatic carbocycles. The standard InChI is InChI=1S/C25H37N3O2/c1-24(2)21-11-12-25(24,3)23(30)28(22(21)29)14-8-7-13-26-15-17-27(18-16-26)19-20-9-5-4-6-10-20/h4-6,9-10,21H,7-8,11-19H2,1-3H3/t21-,25-/m1/s1. The summed E-state index contributed by atoms with van der Waals surface area (Å²) in [6, 6.07) is 10.7. The van der Waals surface area contributed by atoms with Crippen molar-refractivity contribution in [2.45, 2.75) is 53.0 Å². The highest BCUT2D eigenvalue weighted by atomic mass is 16.2. The van der Waals surface area contributed by atoms with E-state index in [0.717, 1.165) is 65.0 Å². The molecular formula is C25H37N3O2. The minimum atomic E-state index is -0.374. The second-order valence-corrected chi connectivity index (χ2v) is 10.3. The van der Waals surface area contributed by atoms with E-state index in [1.165, 1.54) is 5.56 Å². The number of unbranched alkanes of at least 4 members (excludes halogenated alkanes) is 1. The van der Waals surface area contributed by atoms with Gasteiger partial charge in [-0.25, -0.2) is 0 Å². The quantitative estimate of drug-likeness (QED) is 0.510. The Bertz CT molecular complexity index is 770. The zero-order valence-corrected chi connectivity index (χ0v) is 18.9. The number of carbonyl (C=O) groups is 2. The van der Waals surface area contributed by atoms with Crippen molar-refractivity contribution in [3.05, 3.63) is 35.9 Å². The van der Waals surface area contributed by atoms with Crippen LogP contribution in [0, 0.1) is 16.7 Å². The van der Waals surface area contributed by atoms with Crippen LogP contribution in [0.25, 0.3) is 0 Å². The fraction of sp³-hybridized carbons (Fsp3) is 0.680. The van der Waals surface area contributed by atoms with Crippen molar-refractivity contribution in [3.8, 4) is 0 Å². The maximum absolute atomic E-state index is 13.1. The van der Waals surface area contributed by atoms with Gasteiger partial charge >= 0.3 is 0 Å². The molecule has 0 aromatic heterocycles. The van der Waals surface area contributed by atoms with Crippen LogP contribution in [-0.2, 0) is 16.1 Å². The average molecular weight is 412 g/mol. The lowest BCUT2D eigenvalue weighted by Gasteiger charge is -2.47. The van der Waals surface area contributed by atoms with Crippen LogP contribution in [0.3, 0.4) is 0 Å². The number of benzene rings is 1. The molecule has 3 fully saturated rings. The van der Waals surface area contributed by atoms with Gasteiger partial charge in [-0.2, -0.15) is 0 Å². The Labute approximate surface area is 181 Å². The summed E-state index contributed by atoms with van der Waals surface area (Å²) < 4.78 is 0. The fourth-order valence-electron chi connectivity index (χ4n) is 5.73. The van der Waals surface area contributed by atoms with Crippen LogP contribution in [0.5, 0.6) is 0 Å². The zero-order valence-electron chi connectivity index (χ0n) is 18.9. The van der Waals surface area contributed by atoms with Gasteiger partial charge < -0.3 is 4.90 Å². The molecule has 0 spiro atoms. The van der Waals surface area contributed by atoms with E-state index in [4.69, 9.17) is 0 Å². The predicted molar refractivity (Wildman–Crippen MR) is 119 cm³/mol. The number of carbonyl (C=O) groups excluding carboxylic acids is 2. The van der Waals surface area contributed by atoms with Crippen LogP contribution >= 0.6 is 0 Å². The highest BCUT2D eigenvalue weighted by molar-refractivity contribution is 6.03. The molecule has 3 aliphatic rings. The van der Waals surface area contributed by atoms with Gasteiger partial charge in [-0.05, 0) is 43.2 Å². The minimum absolute atomic E-state index is 0.0119. The van der Waals surface area contributed by atoms with Crippen LogP contribution < -0.4 is 0 Å². The summed E-state index contributed by atoms with van der Waals surface area (Å²) in [4.78, 5) is 32.7. The molecule has 30 heavy (non-hydrogen) atoms. The predicted octanol–water partition coefficient (Wildman–Crippen LogP) is 3.40. The Hall–Kier alpha value is -1.72. The summed E-state index contributed by atoms with van der Waals surface area (Å²) in [5.74, 6) is 0.160. The Balaban J connectivity index is 1.19. The zero-order chi connectivity index (χ0) is 21.4. The molecular weight excluding hydrogens is 374 g/mol. The molecule has 2 heterocycles. The Morgan fingerprint density at radius 3 is 2.23 bits per heavy atom. The number of piperazine rings is 1. The lowest BCUT2D eigenvalue weighted by molar-refractivity contribution is -0.167. The second kappa shape index (κ2) is 8.43. The van der Waals surface area contributed by atoms with Crippen LogP contribution in [-0.4, -0.2) is 65.8 Å². The molecule has 5 heteroatoms. The maximum atomic E-state index is 13.1. The largest absolute Gasteiger partial charge is 0.301 e. The van der Waals surface area contributed by atoms with Crippen molar-refractivity contribution in [2.24, 2.45) is 16.7 Å². The number of imide groups is 1. The van der Waals surface area contributed by atoms with E-state index < -0.39 is 0 Å². The summed E-state index contributed by atoms with van der Waals surface area (Å²) >= 11 is 0. The minimum Gasteiger partial charge on any atom is -0.301 e. The van der Waals surface area contributed by atoms with Crippen molar-refractivity contribution < 1.29 is 9.59 Å². The van der Waals surface area contributed by atoms with Gasteiger partial charge in [-0.1, -0.05) is 51.1 Å². The molecule has 1 saturated carbocycles. The first kappa shape index (κ1) is 21.5. The Kier molecular flexibility index (Phi) is 6.04. The number of hydrogen-bond donors (Lipinski definition) is 0. The summed E-state index contributed by atoms with van der Waals surface area (Å²) in [6.45, 7) is 13.4. The molecule has 2 aliphatic heterocycles. The van der Waals surface area contributed by atoms with E-state index in [2.05, 4.69) is 60.9 Å². The summed E-state index contributed by atoms with van der Waals surface area (Å²) in [6.07, 6.45) is 3.66. The molecule has 2 atom stereocenters. The van der Waals surface area contributed by atoms with Crippen molar-refractivity contribution in [2.75, 3.05) is 39.3 Å². The van der Waals surface area contributed by atoms with Crippen molar-refractivity contribution >= 4 is 11.8 Å². The molecule has 2 saturated heterocycles. The monoisotopic (exact) mass is 411 g/mol. The van der Waals surface area contributed by atoms with Gasteiger partial charge in [0.2, 0.25) is 11.8 Å². The highest BCUT2D eigenvalue weighted by Gasteiger charge is 2.64. The number of hydrogen-bond acceptors (Lipinski definition) is 4. The lowest BCUT2D eigenvalue weighted by atomic mass is 9.62. The van der Waals surface area contributed by atoms with Crippen molar-refractivity contribution in [3.63, 3.8) is 0 Å². The molecule has 0 unspecified atom stereocenters. The molecule has 0 N–H and O–H groups in total. The van der Waals surface area contributed by atoms with E-state index in [1.807, 2.05) is 0 Å². The smallest absolute Gasteiger partial charge is 0.235 e. The van der Waals surface area contributed by atoms with Crippen LogP contribution in [0.1, 0.15) is 52.0 Å². The number of likely N-dealkylation sites (tertiary alicyclic amines) is 1. The first-order chi connectivity index (χ1) is 14.3. The summed E-state index contributed by atoms with van der Waals surface area (Å²) in [7, 11) is 0. The number of fused-ring (bicyclic) bond motifs is 2. The van der Waals surface area contributed by atoms with Gasteiger partial charge in [0.15, 0.2) is 0 Å². The molecule has 5 nitrogen and oxygen atoms in total. The van der Waals surface area contributed by atoms with Crippen LogP contribution in [0.15, 0.2) is 30.3 Å². The number of piperidine rings is 1. The molecule has 1 aromatic carbocycles. The number of nitrogens with zero attached hydrogens (tertiary/aromatic N) is 3. The van der Waals surface area contributed by atoms with E-state index >= 15 is 0 Å². The van der Waals surface area contributed by atoms with E-state index in [0.29, 0.717) is 6.54 Å².